The summed E-state index contributed by atoms with van der Waals surface area (Å²) < 4.78 is 0.436. The normalized spacial score (nSPS) is 16.3. The van der Waals surface area contributed by atoms with Gasteiger partial charge in [0.25, 0.3) is 0 Å². The first kappa shape index (κ1) is 57.4. The van der Waals surface area contributed by atoms with Gasteiger partial charge in [0.05, 0.1) is 23.2 Å². The number of nitrogens with zero attached hydrogens (tertiary/aromatic N) is 4. The van der Waals surface area contributed by atoms with Gasteiger partial charge < -0.3 is 51.9 Å². The molecule has 1 saturated heterocycles. The Labute approximate surface area is 412 Å². The molecule has 0 saturated carbocycles. The fraction of sp³-hybridized carbons (Fsp3) is 0.533. The number of carbonyl (C=O) groups excluding carboxylic acids is 4. The Hall–Kier alpha value is -5.96. The monoisotopic (exact) mass is 1080 g/mol. The van der Waals surface area contributed by atoms with Gasteiger partial charge in [-0.15, -0.1) is 0 Å². The summed E-state index contributed by atoms with van der Waals surface area (Å²) in [6, 6.07) is 7.71. The average Bonchev–Trinajstić information content (AvgIpc) is 3.26. The van der Waals surface area contributed by atoms with E-state index in [1.165, 1.54) is 33.8 Å². The zero-order valence-electron chi connectivity index (χ0n) is 38.4. The van der Waals surface area contributed by atoms with E-state index in [0.29, 0.717) is 34.1 Å². The molecule has 0 aromatic heterocycles. The molecule has 380 valence electrons. The molecule has 1 aliphatic rings. The summed E-state index contributed by atoms with van der Waals surface area (Å²) in [6.07, 6.45) is -0.172. The Kier molecular flexibility index (Phi) is 24.8. The van der Waals surface area contributed by atoms with E-state index in [-0.39, 0.29) is 96.2 Å². The lowest BCUT2D eigenvalue weighted by atomic mass is 10.0. The number of rotatable bonds is 26. The lowest BCUT2D eigenvalue weighted by Gasteiger charge is -2.35. The van der Waals surface area contributed by atoms with Crippen molar-refractivity contribution in [2.45, 2.75) is 76.0 Å². The standard InChI is InChI=1S/C45H63IN8O15/c1-29(55)47-14-6-5-9-33(44(66)67)49-43(65)35(24-30-7-3-2-4-8-30)50-42(64)34(25-31-10-12-37(56)32(46)23-31)48-38(57)13-11-36(45(68)69)54-21-19-52(27-40(60)61)17-15-51(26-39(58)59)16-18-53(20-22-54)28-41(62)63/h2-4,7-8,10,12,23,33-36,56H,5-6,9,11,13-22,24-28H2,1H3,(H,47,55)(H,48,57)(H,49,65)(H,50,64)(H,58,59)(H,60,61)(H,62,63)(H,66,67)(H,68,69)/t33-,34-,35-,36+/m1/s1. The summed E-state index contributed by atoms with van der Waals surface area (Å²) in [5, 5.41) is 69.8. The van der Waals surface area contributed by atoms with Gasteiger partial charge in [-0.2, -0.15) is 0 Å². The summed E-state index contributed by atoms with van der Waals surface area (Å²) in [7, 11) is 0. The Morgan fingerprint density at radius 2 is 1.09 bits per heavy atom. The van der Waals surface area contributed by atoms with Crippen molar-refractivity contribution in [3.05, 3.63) is 63.2 Å². The van der Waals surface area contributed by atoms with Crippen LogP contribution in [0.1, 0.15) is 50.2 Å². The molecule has 2 aromatic rings. The molecular formula is C45H63IN8O15. The van der Waals surface area contributed by atoms with Gasteiger partial charge in [-0.05, 0) is 71.5 Å². The highest BCUT2D eigenvalue weighted by atomic mass is 127. The molecular weight excluding hydrogens is 1020 g/mol. The number of hydrogen-bond donors (Lipinski definition) is 10. The zero-order valence-corrected chi connectivity index (χ0v) is 40.5. The van der Waals surface area contributed by atoms with Crippen molar-refractivity contribution in [3.8, 4) is 5.75 Å². The highest BCUT2D eigenvalue weighted by molar-refractivity contribution is 14.1. The molecule has 0 radical (unpaired) electrons. The number of phenolic OH excluding ortho intramolecular Hbond substituents is 1. The van der Waals surface area contributed by atoms with Crippen molar-refractivity contribution in [1.29, 1.82) is 0 Å². The second-order valence-corrected chi connectivity index (χ2v) is 17.8. The van der Waals surface area contributed by atoms with Crippen molar-refractivity contribution in [2.75, 3.05) is 78.5 Å². The van der Waals surface area contributed by atoms with Crippen LogP contribution in [0.4, 0.5) is 0 Å². The van der Waals surface area contributed by atoms with Crippen LogP contribution in [0.25, 0.3) is 0 Å². The Morgan fingerprint density at radius 3 is 1.57 bits per heavy atom. The van der Waals surface area contributed by atoms with Crippen molar-refractivity contribution in [1.82, 2.24) is 40.9 Å². The summed E-state index contributed by atoms with van der Waals surface area (Å²) in [5.74, 6) is -8.77. The van der Waals surface area contributed by atoms with Gasteiger partial charge in [-0.1, -0.05) is 36.4 Å². The number of nitrogens with one attached hydrogen (secondary N) is 4. The Balaban J connectivity index is 1.88. The van der Waals surface area contributed by atoms with Crippen LogP contribution in [0.15, 0.2) is 48.5 Å². The number of carboxylic acids is 5. The van der Waals surface area contributed by atoms with Crippen LogP contribution in [-0.4, -0.2) is 206 Å². The highest BCUT2D eigenvalue weighted by Crippen LogP contribution is 2.21. The van der Waals surface area contributed by atoms with Crippen molar-refractivity contribution in [3.63, 3.8) is 0 Å². The number of carboxylic acid groups (broad SMARTS) is 5. The molecule has 10 N–H and O–H groups in total. The van der Waals surface area contributed by atoms with E-state index < -0.39 is 91.2 Å². The van der Waals surface area contributed by atoms with Gasteiger partial charge in [-0.3, -0.25) is 58.0 Å². The number of benzene rings is 2. The lowest BCUT2D eigenvalue weighted by molar-refractivity contribution is -0.145. The third-order valence-electron chi connectivity index (χ3n) is 11.2. The first-order valence-corrected chi connectivity index (χ1v) is 23.5. The Bertz CT molecular complexity index is 2050. The van der Waals surface area contributed by atoms with E-state index in [1.807, 2.05) is 22.6 Å². The molecule has 1 fully saturated rings. The maximum absolute atomic E-state index is 14.3. The fourth-order valence-corrected chi connectivity index (χ4v) is 8.21. The van der Waals surface area contributed by atoms with E-state index >= 15 is 0 Å². The zero-order chi connectivity index (χ0) is 51.0. The minimum atomic E-state index is -1.38. The van der Waals surface area contributed by atoms with Crippen LogP contribution in [0, 0.1) is 3.57 Å². The van der Waals surface area contributed by atoms with E-state index in [1.54, 1.807) is 41.3 Å². The molecule has 0 aliphatic carbocycles. The maximum Gasteiger partial charge on any atom is 0.326 e. The number of unbranched alkanes of at least 4 members (excludes halogenated alkanes) is 1. The second kappa shape index (κ2) is 29.8. The maximum atomic E-state index is 14.3. The second-order valence-electron chi connectivity index (χ2n) is 16.7. The predicted octanol–water partition coefficient (Wildman–Crippen LogP) is -0.664. The van der Waals surface area contributed by atoms with Crippen LogP contribution in [0.2, 0.25) is 0 Å². The van der Waals surface area contributed by atoms with Crippen LogP contribution in [0.5, 0.6) is 5.75 Å². The van der Waals surface area contributed by atoms with Crippen molar-refractivity contribution >= 4 is 76.1 Å². The number of aromatic hydroxyl groups is 1. The number of phenols is 1. The van der Waals surface area contributed by atoms with E-state index in [2.05, 4.69) is 21.3 Å². The average molecular weight is 1080 g/mol. The first-order valence-electron chi connectivity index (χ1n) is 22.4. The van der Waals surface area contributed by atoms with Crippen LogP contribution >= 0.6 is 22.6 Å². The molecule has 23 nitrogen and oxygen atoms in total. The van der Waals surface area contributed by atoms with Crippen LogP contribution < -0.4 is 21.3 Å². The molecule has 0 spiro atoms. The number of amides is 4. The number of halogens is 1. The van der Waals surface area contributed by atoms with Gasteiger partial charge >= 0.3 is 29.8 Å². The first-order chi connectivity index (χ1) is 32.7. The number of carbonyl (C=O) groups is 9. The molecule has 0 unspecified atom stereocenters. The van der Waals surface area contributed by atoms with Crippen LogP contribution in [-0.2, 0) is 56.0 Å². The van der Waals surface area contributed by atoms with Gasteiger partial charge in [0.1, 0.15) is 29.9 Å². The number of aliphatic carboxylic acids is 5. The van der Waals surface area contributed by atoms with Gasteiger partial charge in [-0.25, -0.2) is 4.79 Å². The molecule has 69 heavy (non-hydrogen) atoms. The minimum absolute atomic E-state index is 0.0219. The third kappa shape index (κ3) is 22.3. The molecule has 3 rings (SSSR count). The molecule has 1 heterocycles. The lowest BCUT2D eigenvalue weighted by Crippen LogP contribution is -2.57. The van der Waals surface area contributed by atoms with Gasteiger partial charge in [0.2, 0.25) is 23.6 Å². The van der Waals surface area contributed by atoms with E-state index in [0.717, 1.165) is 0 Å². The molecule has 1 aliphatic heterocycles. The molecule has 24 heteroatoms. The molecule has 0 bridgehead atoms. The predicted molar refractivity (Wildman–Crippen MR) is 255 cm³/mol. The van der Waals surface area contributed by atoms with Gasteiger partial charge in [0.15, 0.2) is 0 Å². The number of hydrogen-bond acceptors (Lipinski definition) is 14. The molecule has 4 atom stereocenters. The smallest absolute Gasteiger partial charge is 0.326 e. The highest BCUT2D eigenvalue weighted by Gasteiger charge is 2.32. The molecule has 4 amide bonds. The summed E-state index contributed by atoms with van der Waals surface area (Å²) >= 11 is 1.89. The largest absolute Gasteiger partial charge is 0.507 e. The van der Waals surface area contributed by atoms with E-state index in [9.17, 15) is 73.8 Å². The summed E-state index contributed by atoms with van der Waals surface area (Å²) in [4.78, 5) is 120. The third-order valence-corrected chi connectivity index (χ3v) is 12.1. The quantitative estimate of drug-likeness (QED) is 0.0413. The summed E-state index contributed by atoms with van der Waals surface area (Å²) in [6.45, 7) is 0.893. The SMILES string of the molecule is CC(=O)NCCCC[C@@H](NC(=O)[C@@H](Cc1ccccc1)NC(=O)[C@@H](Cc1ccc(O)c(I)c1)NC(=O)CC[C@@H](C(=O)O)N1CCN(CC(=O)O)CCN(CC(=O)O)CCN(CC(=O)O)CC1)C(=O)O. The van der Waals surface area contributed by atoms with Crippen molar-refractivity contribution < 1.29 is 73.8 Å². The van der Waals surface area contributed by atoms with Crippen molar-refractivity contribution in [2.24, 2.45) is 0 Å². The molecule has 2 aromatic carbocycles. The summed E-state index contributed by atoms with van der Waals surface area (Å²) in [5.41, 5.74) is 1.12. The van der Waals surface area contributed by atoms with E-state index in [4.69, 9.17) is 0 Å². The topological polar surface area (TPSA) is 336 Å². The minimum Gasteiger partial charge on any atom is -0.507 e. The van der Waals surface area contributed by atoms with Gasteiger partial charge in [0, 0.05) is 85.1 Å². The fourth-order valence-electron chi connectivity index (χ4n) is 7.63. The Morgan fingerprint density at radius 1 is 0.594 bits per heavy atom. The van der Waals surface area contributed by atoms with Crippen LogP contribution in [0.3, 0.4) is 0 Å².